The summed E-state index contributed by atoms with van der Waals surface area (Å²) >= 11 is 0. The van der Waals surface area contributed by atoms with Crippen molar-refractivity contribution in [2.75, 3.05) is 20.1 Å². The maximum atomic E-state index is 12.7. The van der Waals surface area contributed by atoms with Crippen LogP contribution in [0.5, 0.6) is 0 Å². The highest BCUT2D eigenvalue weighted by Crippen LogP contribution is 2.32. The molecule has 2 aromatic rings. The Bertz CT molecular complexity index is 975. The van der Waals surface area contributed by atoms with Crippen molar-refractivity contribution in [1.29, 1.82) is 0 Å². The largest absolute Gasteiger partial charge is 0.451 e. The number of sulfonamides is 1. The molecule has 0 aliphatic carbocycles. The molecule has 3 aliphatic rings. The van der Waals surface area contributed by atoms with Gasteiger partial charge >= 0.3 is 0 Å². The van der Waals surface area contributed by atoms with Gasteiger partial charge in [0.05, 0.1) is 4.90 Å². The summed E-state index contributed by atoms with van der Waals surface area (Å²) in [7, 11) is -2.18. The van der Waals surface area contributed by atoms with Crippen molar-refractivity contribution in [2.45, 2.75) is 36.7 Å². The Hall–Kier alpha value is -2.16. The van der Waals surface area contributed by atoms with Crippen molar-refractivity contribution >= 4 is 15.9 Å². The standard InChI is InChI=1S/C20H25N3O4S/c1-13-19(14-8-10-23(13)11-9-14)22-20(24)18-7-6-17(27-18)15-4-3-5-16(12-15)28(25,26)21-2/h3-7,12-14,19,21H,8-11H2,1-2H3,(H,22,24)/t13-,19-/m0/s1. The van der Waals surface area contributed by atoms with Gasteiger partial charge in [0.1, 0.15) is 5.76 Å². The van der Waals surface area contributed by atoms with E-state index in [1.807, 2.05) is 0 Å². The molecule has 3 aliphatic heterocycles. The Morgan fingerprint density at radius 2 is 1.93 bits per heavy atom. The fraction of sp³-hybridized carbons (Fsp3) is 0.450. The third-order valence-corrected chi connectivity index (χ3v) is 7.41. The molecule has 3 fully saturated rings. The van der Waals surface area contributed by atoms with Crippen LogP contribution in [0.25, 0.3) is 11.3 Å². The molecular weight excluding hydrogens is 378 g/mol. The number of carbonyl (C=O) groups is 1. The number of fused-ring (bicyclic) bond motifs is 3. The summed E-state index contributed by atoms with van der Waals surface area (Å²) in [5.41, 5.74) is 0.603. The second-order valence-corrected chi connectivity index (χ2v) is 9.40. The Labute approximate surface area is 165 Å². The first-order valence-electron chi connectivity index (χ1n) is 9.58. The Morgan fingerprint density at radius 3 is 2.61 bits per heavy atom. The van der Waals surface area contributed by atoms with Crippen LogP contribution >= 0.6 is 0 Å². The van der Waals surface area contributed by atoms with Crippen molar-refractivity contribution < 1.29 is 17.6 Å². The quantitative estimate of drug-likeness (QED) is 0.797. The SMILES string of the molecule is CNS(=O)(=O)c1cccc(-c2ccc(C(=O)N[C@@H]3C4CCN(CC4)[C@H]3C)o2)c1. The fourth-order valence-corrected chi connectivity index (χ4v) is 5.09. The van der Waals surface area contributed by atoms with Gasteiger partial charge < -0.3 is 9.73 Å². The Kier molecular flexibility index (Phi) is 5.03. The van der Waals surface area contributed by atoms with Crippen LogP contribution < -0.4 is 10.0 Å². The minimum Gasteiger partial charge on any atom is -0.451 e. The molecule has 1 aromatic heterocycles. The number of hydrogen-bond donors (Lipinski definition) is 2. The minimum atomic E-state index is -3.54. The van der Waals surface area contributed by atoms with E-state index in [4.69, 9.17) is 4.42 Å². The second kappa shape index (κ2) is 7.35. The smallest absolute Gasteiger partial charge is 0.287 e. The van der Waals surface area contributed by atoms with Gasteiger partial charge in [-0.25, -0.2) is 13.1 Å². The summed E-state index contributed by atoms with van der Waals surface area (Å²) in [4.78, 5) is 15.3. The monoisotopic (exact) mass is 403 g/mol. The summed E-state index contributed by atoms with van der Waals surface area (Å²) in [5, 5.41) is 3.15. The average molecular weight is 404 g/mol. The molecule has 1 amide bonds. The van der Waals surface area contributed by atoms with Crippen LogP contribution in [0.2, 0.25) is 0 Å². The van der Waals surface area contributed by atoms with E-state index in [0.29, 0.717) is 23.3 Å². The molecule has 150 valence electrons. The summed E-state index contributed by atoms with van der Waals surface area (Å²) < 4.78 is 32.1. The van der Waals surface area contributed by atoms with Crippen molar-refractivity contribution in [3.8, 4) is 11.3 Å². The van der Waals surface area contributed by atoms with Gasteiger partial charge in [-0.1, -0.05) is 12.1 Å². The predicted molar refractivity (Wildman–Crippen MR) is 105 cm³/mol. The minimum absolute atomic E-state index is 0.132. The molecule has 7 nitrogen and oxygen atoms in total. The normalized spacial score (nSPS) is 26.9. The number of hydrogen-bond acceptors (Lipinski definition) is 5. The van der Waals surface area contributed by atoms with E-state index in [-0.39, 0.29) is 22.6 Å². The van der Waals surface area contributed by atoms with E-state index in [1.54, 1.807) is 24.3 Å². The number of piperidine rings is 3. The third-order valence-electron chi connectivity index (χ3n) is 6.00. The van der Waals surface area contributed by atoms with Gasteiger partial charge in [0.2, 0.25) is 10.0 Å². The predicted octanol–water partition coefficient (Wildman–Crippen LogP) is 2.07. The second-order valence-electron chi connectivity index (χ2n) is 7.51. The molecule has 8 heteroatoms. The van der Waals surface area contributed by atoms with Crippen LogP contribution in [0.4, 0.5) is 0 Å². The number of carbonyl (C=O) groups excluding carboxylic acids is 1. The molecule has 0 radical (unpaired) electrons. The van der Waals surface area contributed by atoms with Crippen molar-refractivity contribution in [3.05, 3.63) is 42.2 Å². The molecule has 28 heavy (non-hydrogen) atoms. The highest BCUT2D eigenvalue weighted by molar-refractivity contribution is 7.89. The van der Waals surface area contributed by atoms with Crippen molar-refractivity contribution in [3.63, 3.8) is 0 Å². The van der Waals surface area contributed by atoms with Crippen molar-refractivity contribution in [2.24, 2.45) is 5.92 Å². The van der Waals surface area contributed by atoms with E-state index < -0.39 is 10.0 Å². The first-order valence-corrected chi connectivity index (χ1v) is 11.1. The number of rotatable bonds is 5. The molecule has 0 spiro atoms. The first-order chi connectivity index (χ1) is 13.4. The van der Waals surface area contributed by atoms with Crippen LogP contribution in [-0.4, -0.2) is 51.4 Å². The van der Waals surface area contributed by atoms with Gasteiger partial charge in [-0.05, 0) is 70.1 Å². The van der Waals surface area contributed by atoms with Gasteiger partial charge in [-0.3, -0.25) is 9.69 Å². The van der Waals surface area contributed by atoms with E-state index in [2.05, 4.69) is 21.9 Å². The molecular formula is C20H25N3O4S. The summed E-state index contributed by atoms with van der Waals surface area (Å²) in [5.74, 6) is 0.985. The van der Waals surface area contributed by atoms with Crippen LogP contribution in [0.15, 0.2) is 45.7 Å². The summed E-state index contributed by atoms with van der Waals surface area (Å²) in [6.45, 7) is 4.38. The van der Waals surface area contributed by atoms with Crippen molar-refractivity contribution in [1.82, 2.24) is 14.9 Å². The maximum absolute atomic E-state index is 12.7. The Morgan fingerprint density at radius 1 is 1.18 bits per heavy atom. The van der Waals surface area contributed by atoms with Gasteiger partial charge in [0.15, 0.2) is 5.76 Å². The molecule has 4 heterocycles. The average Bonchev–Trinajstić information content (AvgIpc) is 3.21. The third kappa shape index (κ3) is 3.47. The lowest BCUT2D eigenvalue weighted by atomic mass is 9.79. The van der Waals surface area contributed by atoms with Crippen LogP contribution in [0.3, 0.4) is 0 Å². The molecule has 3 saturated heterocycles. The van der Waals surface area contributed by atoms with E-state index in [1.165, 1.54) is 19.2 Å². The molecule has 0 saturated carbocycles. The zero-order valence-corrected chi connectivity index (χ0v) is 16.8. The number of benzene rings is 1. The zero-order chi connectivity index (χ0) is 19.9. The topological polar surface area (TPSA) is 91.6 Å². The molecule has 2 bridgehead atoms. The highest BCUT2D eigenvalue weighted by atomic mass is 32.2. The van der Waals surface area contributed by atoms with E-state index in [0.717, 1.165) is 25.9 Å². The number of nitrogens with one attached hydrogen (secondary N) is 2. The number of amides is 1. The highest BCUT2D eigenvalue weighted by Gasteiger charge is 2.40. The summed E-state index contributed by atoms with van der Waals surface area (Å²) in [6, 6.07) is 10.2. The maximum Gasteiger partial charge on any atom is 0.287 e. The van der Waals surface area contributed by atoms with Gasteiger partial charge in [0, 0.05) is 17.6 Å². The summed E-state index contributed by atoms with van der Waals surface area (Å²) in [6.07, 6.45) is 2.23. The zero-order valence-electron chi connectivity index (χ0n) is 16.0. The van der Waals surface area contributed by atoms with Gasteiger partial charge in [-0.15, -0.1) is 0 Å². The Balaban J connectivity index is 1.52. The number of furan rings is 1. The lowest BCUT2D eigenvalue weighted by Gasteiger charge is -2.49. The fourth-order valence-electron chi connectivity index (χ4n) is 4.32. The molecule has 2 N–H and O–H groups in total. The van der Waals surface area contributed by atoms with Gasteiger partial charge in [0.25, 0.3) is 5.91 Å². The lowest BCUT2D eigenvalue weighted by molar-refractivity contribution is 0.0211. The molecule has 1 aromatic carbocycles. The van der Waals surface area contributed by atoms with Crippen LogP contribution in [-0.2, 0) is 10.0 Å². The van der Waals surface area contributed by atoms with Crippen LogP contribution in [0.1, 0.15) is 30.3 Å². The molecule has 5 rings (SSSR count). The van der Waals surface area contributed by atoms with Crippen LogP contribution in [0, 0.1) is 5.92 Å². The number of nitrogens with zero attached hydrogens (tertiary/aromatic N) is 1. The van der Waals surface area contributed by atoms with E-state index in [9.17, 15) is 13.2 Å². The van der Waals surface area contributed by atoms with Gasteiger partial charge in [-0.2, -0.15) is 0 Å². The molecule has 0 unspecified atom stereocenters. The lowest BCUT2D eigenvalue weighted by Crippen LogP contribution is -2.62. The first kappa shape index (κ1) is 19.2. The van der Waals surface area contributed by atoms with E-state index >= 15 is 0 Å². The molecule has 2 atom stereocenters.